The Balaban J connectivity index is 1.31. The van der Waals surface area contributed by atoms with Crippen molar-refractivity contribution in [3.05, 3.63) is 75.4 Å². The van der Waals surface area contributed by atoms with E-state index in [0.29, 0.717) is 24.9 Å². The average Bonchev–Trinajstić information content (AvgIpc) is 3.36. The van der Waals surface area contributed by atoms with Crippen LogP contribution in [0.3, 0.4) is 0 Å². The summed E-state index contributed by atoms with van der Waals surface area (Å²) in [4.78, 5) is 17.9. The minimum atomic E-state index is 0.161. The summed E-state index contributed by atoms with van der Waals surface area (Å²) < 4.78 is 12.4. The number of fused-ring (bicyclic) bond motifs is 4. The number of likely N-dealkylation sites (tertiary alicyclic amines) is 1. The van der Waals surface area contributed by atoms with Crippen molar-refractivity contribution < 1.29 is 8.94 Å². The molecule has 1 saturated heterocycles. The fraction of sp³-hybridized carbons (Fsp3) is 0.478. The highest BCUT2D eigenvalue weighted by molar-refractivity contribution is 5.23. The van der Waals surface area contributed by atoms with Gasteiger partial charge in [0.15, 0.2) is 0 Å². The van der Waals surface area contributed by atoms with Gasteiger partial charge in [-0.25, -0.2) is 0 Å². The second-order valence-corrected chi connectivity index (χ2v) is 8.92. The smallest absolute Gasteiger partial charge is 0.255 e. The van der Waals surface area contributed by atoms with E-state index in [2.05, 4.69) is 21.0 Å². The number of rotatable bonds is 6. The van der Waals surface area contributed by atoms with Crippen molar-refractivity contribution in [1.82, 2.24) is 19.5 Å². The number of pyridine rings is 1. The minimum Gasteiger partial charge on any atom is -0.472 e. The van der Waals surface area contributed by atoms with Crippen molar-refractivity contribution in [3.8, 4) is 0 Å². The van der Waals surface area contributed by atoms with E-state index in [1.54, 1.807) is 6.26 Å². The zero-order valence-electron chi connectivity index (χ0n) is 17.6. The number of aryl methyl sites for hydroxylation is 1. The molecule has 158 valence electrons. The van der Waals surface area contributed by atoms with E-state index in [9.17, 15) is 4.79 Å². The predicted molar refractivity (Wildman–Crippen MR) is 112 cm³/mol. The van der Waals surface area contributed by atoms with E-state index in [1.807, 2.05) is 43.0 Å². The molecule has 0 N–H and O–H groups in total. The van der Waals surface area contributed by atoms with Gasteiger partial charge in [-0.2, -0.15) is 0 Å². The molecule has 2 atom stereocenters. The Labute approximate surface area is 175 Å². The van der Waals surface area contributed by atoms with Crippen LogP contribution in [0.5, 0.6) is 0 Å². The first kappa shape index (κ1) is 19.3. The lowest BCUT2D eigenvalue weighted by molar-refractivity contribution is 0.114. The van der Waals surface area contributed by atoms with Gasteiger partial charge in [0.05, 0.1) is 18.2 Å². The third-order valence-electron chi connectivity index (χ3n) is 6.29. The standard InChI is InChI=1S/C23H28N4O3/c1-16-7-21(24-30-16)14-25(2)12-19-3-4-22-20-8-18(11-27(22)23(19)28)10-26(13-20)9-17-5-6-29-15-17/h3-7,15,18,20H,8-14H2,1-2H3/t18-,20+/m0/s1. The fourth-order valence-corrected chi connectivity index (χ4v) is 5.10. The molecule has 2 bridgehead atoms. The second kappa shape index (κ2) is 7.89. The number of piperidine rings is 1. The molecule has 5 rings (SSSR count). The van der Waals surface area contributed by atoms with Gasteiger partial charge in [0, 0.05) is 68.1 Å². The van der Waals surface area contributed by atoms with Crippen LogP contribution in [0.4, 0.5) is 0 Å². The van der Waals surface area contributed by atoms with Crippen LogP contribution in [0.25, 0.3) is 0 Å². The Hall–Kier alpha value is -2.64. The summed E-state index contributed by atoms with van der Waals surface area (Å²) in [6.45, 7) is 6.90. The van der Waals surface area contributed by atoms with Gasteiger partial charge in [-0.05, 0) is 38.4 Å². The minimum absolute atomic E-state index is 0.161. The van der Waals surface area contributed by atoms with Crippen LogP contribution < -0.4 is 5.56 Å². The van der Waals surface area contributed by atoms with Crippen molar-refractivity contribution in [2.24, 2.45) is 5.92 Å². The van der Waals surface area contributed by atoms with Crippen molar-refractivity contribution >= 4 is 0 Å². The van der Waals surface area contributed by atoms with Crippen LogP contribution in [0.1, 0.15) is 40.6 Å². The van der Waals surface area contributed by atoms with Gasteiger partial charge in [0.1, 0.15) is 5.76 Å². The van der Waals surface area contributed by atoms with Crippen LogP contribution in [0, 0.1) is 12.8 Å². The largest absolute Gasteiger partial charge is 0.472 e. The lowest BCUT2D eigenvalue weighted by Crippen LogP contribution is -2.47. The Morgan fingerprint density at radius 2 is 2.10 bits per heavy atom. The molecule has 0 aliphatic carbocycles. The molecule has 0 aromatic carbocycles. The highest BCUT2D eigenvalue weighted by Crippen LogP contribution is 2.35. The molecule has 0 spiro atoms. The van der Waals surface area contributed by atoms with E-state index in [0.717, 1.165) is 43.2 Å². The number of nitrogens with zero attached hydrogens (tertiary/aromatic N) is 4. The summed E-state index contributed by atoms with van der Waals surface area (Å²) in [5, 5.41) is 4.05. The number of hydrogen-bond acceptors (Lipinski definition) is 6. The molecule has 7 heteroatoms. The van der Waals surface area contributed by atoms with Crippen molar-refractivity contribution in [1.29, 1.82) is 0 Å². The molecule has 7 nitrogen and oxygen atoms in total. The van der Waals surface area contributed by atoms with E-state index in [4.69, 9.17) is 8.94 Å². The van der Waals surface area contributed by atoms with Gasteiger partial charge in [-0.3, -0.25) is 14.6 Å². The summed E-state index contributed by atoms with van der Waals surface area (Å²) >= 11 is 0. The van der Waals surface area contributed by atoms with Crippen molar-refractivity contribution in [2.45, 2.75) is 45.4 Å². The summed E-state index contributed by atoms with van der Waals surface area (Å²) in [5.74, 6) is 1.74. The van der Waals surface area contributed by atoms with Gasteiger partial charge < -0.3 is 13.5 Å². The lowest BCUT2D eigenvalue weighted by Gasteiger charge is -2.43. The SMILES string of the molecule is Cc1cc(CN(C)Cc2ccc3n(c2=O)C[C@H]2C[C@@H]3CN(Cc3ccoc3)C2)no1. The Kier molecular flexibility index (Phi) is 5.08. The zero-order chi connectivity index (χ0) is 20.7. The van der Waals surface area contributed by atoms with E-state index in [1.165, 1.54) is 17.7 Å². The van der Waals surface area contributed by atoms with Gasteiger partial charge in [-0.1, -0.05) is 11.2 Å². The molecule has 1 fully saturated rings. The maximum atomic E-state index is 13.3. The van der Waals surface area contributed by atoms with Crippen molar-refractivity contribution in [3.63, 3.8) is 0 Å². The lowest BCUT2D eigenvalue weighted by atomic mass is 9.83. The Bertz CT molecular complexity index is 1070. The Morgan fingerprint density at radius 3 is 2.87 bits per heavy atom. The molecule has 0 amide bonds. The Morgan fingerprint density at radius 1 is 1.20 bits per heavy atom. The molecule has 0 radical (unpaired) electrons. The predicted octanol–water partition coefficient (Wildman–Crippen LogP) is 2.99. The van der Waals surface area contributed by atoms with Gasteiger partial charge in [0.2, 0.25) is 0 Å². The number of hydrogen-bond donors (Lipinski definition) is 0. The molecule has 2 aliphatic heterocycles. The first-order chi connectivity index (χ1) is 14.5. The van der Waals surface area contributed by atoms with Gasteiger partial charge >= 0.3 is 0 Å². The first-order valence-electron chi connectivity index (χ1n) is 10.6. The molecular weight excluding hydrogens is 380 g/mol. The molecule has 0 unspecified atom stereocenters. The van der Waals surface area contributed by atoms with Gasteiger partial charge in [-0.15, -0.1) is 0 Å². The normalized spacial score (nSPS) is 21.2. The molecule has 5 heterocycles. The summed E-state index contributed by atoms with van der Waals surface area (Å²) in [5.41, 5.74) is 4.30. The molecule has 30 heavy (non-hydrogen) atoms. The summed E-state index contributed by atoms with van der Waals surface area (Å²) in [6.07, 6.45) is 4.73. The maximum absolute atomic E-state index is 13.3. The fourth-order valence-electron chi connectivity index (χ4n) is 5.10. The molecule has 3 aromatic heterocycles. The van der Waals surface area contributed by atoms with Crippen LogP contribution in [-0.2, 0) is 26.2 Å². The summed E-state index contributed by atoms with van der Waals surface area (Å²) in [7, 11) is 2.01. The summed E-state index contributed by atoms with van der Waals surface area (Å²) in [6, 6.07) is 8.17. The molecule has 2 aliphatic rings. The third kappa shape index (κ3) is 3.87. The van der Waals surface area contributed by atoms with Crippen LogP contribution in [0.15, 0.2) is 50.5 Å². The van der Waals surface area contributed by atoms with Gasteiger partial charge in [0.25, 0.3) is 5.56 Å². The monoisotopic (exact) mass is 408 g/mol. The molecule has 0 saturated carbocycles. The quantitative estimate of drug-likeness (QED) is 0.625. The van der Waals surface area contributed by atoms with E-state index < -0.39 is 0 Å². The molecular formula is C23H28N4O3. The zero-order valence-corrected chi connectivity index (χ0v) is 17.6. The van der Waals surface area contributed by atoms with Crippen LogP contribution in [-0.4, -0.2) is 39.7 Å². The number of aromatic nitrogens is 2. The van der Waals surface area contributed by atoms with E-state index >= 15 is 0 Å². The third-order valence-corrected chi connectivity index (χ3v) is 6.29. The van der Waals surface area contributed by atoms with E-state index in [-0.39, 0.29) is 5.56 Å². The van der Waals surface area contributed by atoms with Crippen molar-refractivity contribution in [2.75, 3.05) is 20.1 Å². The highest BCUT2D eigenvalue weighted by atomic mass is 16.5. The number of furan rings is 1. The molecule has 3 aromatic rings. The first-order valence-corrected chi connectivity index (χ1v) is 10.6. The van der Waals surface area contributed by atoms with Crippen LogP contribution in [0.2, 0.25) is 0 Å². The second-order valence-electron chi connectivity index (χ2n) is 8.92. The highest BCUT2D eigenvalue weighted by Gasteiger charge is 2.35. The average molecular weight is 409 g/mol. The van der Waals surface area contributed by atoms with Crippen LogP contribution >= 0.6 is 0 Å². The maximum Gasteiger partial charge on any atom is 0.255 e. The topological polar surface area (TPSA) is 67.7 Å².